The highest BCUT2D eigenvalue weighted by atomic mass is 16.5. The number of benzene rings is 2. The predicted molar refractivity (Wildman–Crippen MR) is 135 cm³/mol. The number of rotatable bonds is 9. The van der Waals surface area contributed by atoms with Crippen LogP contribution in [0.5, 0.6) is 5.75 Å². The summed E-state index contributed by atoms with van der Waals surface area (Å²) in [6, 6.07) is 17.3. The van der Waals surface area contributed by atoms with E-state index in [1.54, 1.807) is 35.2 Å². The fourth-order valence-corrected chi connectivity index (χ4v) is 3.97. The van der Waals surface area contributed by atoms with Gasteiger partial charge in [0.15, 0.2) is 0 Å². The van der Waals surface area contributed by atoms with Crippen LogP contribution in [0.15, 0.2) is 71.3 Å². The van der Waals surface area contributed by atoms with Gasteiger partial charge in [-0.15, -0.1) is 5.10 Å². The van der Waals surface area contributed by atoms with Crippen LogP contribution in [0.25, 0.3) is 11.0 Å². The number of nitrogens with zero attached hydrogens (tertiary/aromatic N) is 4. The third kappa shape index (κ3) is 5.91. The van der Waals surface area contributed by atoms with E-state index in [9.17, 15) is 9.59 Å². The van der Waals surface area contributed by atoms with E-state index < -0.39 is 11.6 Å². The maximum Gasteiger partial charge on any atom is 0.247 e. The minimum atomic E-state index is -0.910. The molecule has 0 fully saturated rings. The first-order valence-electron chi connectivity index (χ1n) is 11.9. The van der Waals surface area contributed by atoms with Gasteiger partial charge >= 0.3 is 0 Å². The second kappa shape index (κ2) is 10.6. The first-order chi connectivity index (χ1) is 17.2. The summed E-state index contributed by atoms with van der Waals surface area (Å²) in [5, 5.41) is 11.3. The molecule has 2 heterocycles. The number of hydrogen-bond donors (Lipinski definition) is 1. The molecule has 0 aliphatic carbocycles. The van der Waals surface area contributed by atoms with E-state index in [1.165, 1.54) is 4.90 Å². The van der Waals surface area contributed by atoms with Gasteiger partial charge in [-0.1, -0.05) is 29.5 Å². The lowest BCUT2D eigenvalue weighted by molar-refractivity contribution is -0.143. The van der Waals surface area contributed by atoms with Crippen LogP contribution < -0.4 is 10.1 Å². The largest absolute Gasteiger partial charge is 0.494 e. The normalized spacial score (nSPS) is 12.3. The second-order valence-electron chi connectivity index (χ2n) is 9.48. The molecule has 9 heteroatoms. The summed E-state index contributed by atoms with van der Waals surface area (Å²) in [6.07, 6.45) is 1.55. The SMILES string of the molecule is CCOc1ccc(C(C(=O)NC(C)(C)C)N(Cc2ccco2)C(=O)Cn2nnc3ccccc32)cc1. The molecule has 4 aromatic rings. The number of ether oxygens (including phenoxy) is 1. The van der Waals surface area contributed by atoms with E-state index in [0.717, 1.165) is 5.52 Å². The Morgan fingerprint density at radius 3 is 2.50 bits per heavy atom. The fourth-order valence-electron chi connectivity index (χ4n) is 3.97. The summed E-state index contributed by atoms with van der Waals surface area (Å²) in [6.45, 7) is 8.17. The van der Waals surface area contributed by atoms with Crippen LogP contribution in [0.1, 0.15) is 45.1 Å². The summed E-state index contributed by atoms with van der Waals surface area (Å²) in [5.74, 6) is 0.653. The van der Waals surface area contributed by atoms with Gasteiger partial charge in [-0.05, 0) is 69.7 Å². The predicted octanol–water partition coefficient (Wildman–Crippen LogP) is 4.11. The molecule has 0 aliphatic heterocycles. The van der Waals surface area contributed by atoms with Crippen molar-refractivity contribution in [3.05, 3.63) is 78.3 Å². The monoisotopic (exact) mass is 489 g/mol. The Bertz CT molecular complexity index is 1310. The number of nitrogens with one attached hydrogen (secondary N) is 1. The van der Waals surface area contributed by atoms with Crippen LogP contribution in [0, 0.1) is 0 Å². The third-order valence-corrected chi connectivity index (χ3v) is 5.50. The van der Waals surface area contributed by atoms with E-state index in [-0.39, 0.29) is 24.9 Å². The van der Waals surface area contributed by atoms with E-state index in [4.69, 9.17) is 9.15 Å². The standard InChI is InChI=1S/C27H31N5O4/c1-5-35-20-14-12-19(13-15-20)25(26(34)28-27(2,3)4)31(17-21-9-8-16-36-21)24(33)18-32-23-11-7-6-10-22(23)29-30-32/h6-16,25H,5,17-18H2,1-4H3,(H,28,34). The van der Waals surface area contributed by atoms with Crippen molar-refractivity contribution in [2.24, 2.45) is 0 Å². The molecule has 36 heavy (non-hydrogen) atoms. The quantitative estimate of drug-likeness (QED) is 0.380. The average Bonchev–Trinajstić information content (AvgIpc) is 3.49. The molecule has 2 amide bonds. The Kier molecular flexibility index (Phi) is 7.38. The number of hydrogen-bond acceptors (Lipinski definition) is 6. The third-order valence-electron chi connectivity index (χ3n) is 5.50. The molecular formula is C27H31N5O4. The van der Waals surface area contributed by atoms with Crippen molar-refractivity contribution >= 4 is 22.8 Å². The lowest BCUT2D eigenvalue weighted by Gasteiger charge is -2.33. The van der Waals surface area contributed by atoms with Crippen molar-refractivity contribution < 1.29 is 18.7 Å². The summed E-state index contributed by atoms with van der Waals surface area (Å²) in [7, 11) is 0. The molecule has 0 bridgehead atoms. The van der Waals surface area contributed by atoms with Gasteiger partial charge in [0, 0.05) is 5.54 Å². The van der Waals surface area contributed by atoms with Gasteiger partial charge in [0.1, 0.15) is 29.6 Å². The first kappa shape index (κ1) is 25.0. The lowest BCUT2D eigenvalue weighted by Crippen LogP contribution is -2.49. The summed E-state index contributed by atoms with van der Waals surface area (Å²) >= 11 is 0. The smallest absolute Gasteiger partial charge is 0.247 e. The molecule has 0 saturated carbocycles. The van der Waals surface area contributed by atoms with Crippen LogP contribution in [-0.2, 0) is 22.7 Å². The van der Waals surface area contributed by atoms with Gasteiger partial charge in [-0.2, -0.15) is 0 Å². The maximum atomic E-state index is 13.8. The number of aromatic nitrogens is 3. The van der Waals surface area contributed by atoms with Gasteiger partial charge in [0.25, 0.3) is 0 Å². The second-order valence-corrected chi connectivity index (χ2v) is 9.48. The zero-order valence-electron chi connectivity index (χ0n) is 21.0. The van der Waals surface area contributed by atoms with Crippen molar-refractivity contribution in [3.8, 4) is 5.75 Å². The van der Waals surface area contributed by atoms with Crippen LogP contribution >= 0.6 is 0 Å². The summed E-state index contributed by atoms with van der Waals surface area (Å²) in [4.78, 5) is 29.0. The number of carbonyl (C=O) groups excluding carboxylic acids is 2. The van der Waals surface area contributed by atoms with Crippen LogP contribution in [0.2, 0.25) is 0 Å². The van der Waals surface area contributed by atoms with E-state index in [2.05, 4.69) is 15.6 Å². The molecule has 0 saturated heterocycles. The highest BCUT2D eigenvalue weighted by Crippen LogP contribution is 2.27. The number of para-hydroxylation sites is 1. The van der Waals surface area contributed by atoms with E-state index in [0.29, 0.717) is 29.2 Å². The Morgan fingerprint density at radius 2 is 1.83 bits per heavy atom. The van der Waals surface area contributed by atoms with Crippen molar-refractivity contribution in [2.45, 2.75) is 52.4 Å². The highest BCUT2D eigenvalue weighted by molar-refractivity contribution is 5.89. The average molecular weight is 490 g/mol. The van der Waals surface area contributed by atoms with Crippen LogP contribution in [0.3, 0.4) is 0 Å². The molecule has 2 aromatic heterocycles. The van der Waals surface area contributed by atoms with Crippen molar-refractivity contribution in [1.82, 2.24) is 25.2 Å². The fraction of sp³-hybridized carbons (Fsp3) is 0.333. The molecule has 1 N–H and O–H groups in total. The minimum Gasteiger partial charge on any atom is -0.494 e. The van der Waals surface area contributed by atoms with Gasteiger partial charge in [0.2, 0.25) is 11.8 Å². The zero-order chi connectivity index (χ0) is 25.7. The molecule has 1 atom stereocenters. The summed E-state index contributed by atoms with van der Waals surface area (Å²) in [5.41, 5.74) is 1.59. The highest BCUT2D eigenvalue weighted by Gasteiger charge is 2.34. The van der Waals surface area contributed by atoms with Gasteiger partial charge < -0.3 is 19.4 Å². The Labute approximate surface area is 210 Å². The first-order valence-corrected chi connectivity index (χ1v) is 11.9. The summed E-state index contributed by atoms with van der Waals surface area (Å²) < 4.78 is 12.7. The Morgan fingerprint density at radius 1 is 1.08 bits per heavy atom. The van der Waals surface area contributed by atoms with Crippen LogP contribution in [0.4, 0.5) is 0 Å². The van der Waals surface area contributed by atoms with Gasteiger partial charge in [0.05, 0.1) is 24.9 Å². The minimum absolute atomic E-state index is 0.0858. The number of fused-ring (bicyclic) bond motifs is 1. The molecule has 4 rings (SSSR count). The Hall–Kier alpha value is -4.14. The molecule has 0 aliphatic rings. The lowest BCUT2D eigenvalue weighted by atomic mass is 10.0. The Balaban J connectivity index is 1.73. The van der Waals surface area contributed by atoms with Gasteiger partial charge in [-0.25, -0.2) is 4.68 Å². The van der Waals surface area contributed by atoms with E-state index in [1.807, 2.05) is 64.1 Å². The van der Waals surface area contributed by atoms with Crippen molar-refractivity contribution in [3.63, 3.8) is 0 Å². The topological polar surface area (TPSA) is 102 Å². The van der Waals surface area contributed by atoms with Crippen molar-refractivity contribution in [2.75, 3.05) is 6.61 Å². The molecular weight excluding hydrogens is 458 g/mol. The molecule has 0 radical (unpaired) electrons. The molecule has 2 aromatic carbocycles. The number of carbonyl (C=O) groups is 2. The molecule has 1 unspecified atom stereocenters. The maximum absolute atomic E-state index is 13.8. The zero-order valence-corrected chi connectivity index (χ0v) is 21.0. The van der Waals surface area contributed by atoms with E-state index >= 15 is 0 Å². The molecule has 9 nitrogen and oxygen atoms in total. The van der Waals surface area contributed by atoms with Crippen LogP contribution in [-0.4, -0.2) is 43.9 Å². The molecule has 0 spiro atoms. The van der Waals surface area contributed by atoms with Crippen molar-refractivity contribution in [1.29, 1.82) is 0 Å². The number of amides is 2. The van der Waals surface area contributed by atoms with Gasteiger partial charge in [-0.3, -0.25) is 9.59 Å². The number of furan rings is 1. The molecule has 188 valence electrons.